The molecule has 1 amide bonds. The summed E-state index contributed by atoms with van der Waals surface area (Å²) in [5.74, 6) is -0.283. The molecule has 0 aliphatic carbocycles. The quantitative estimate of drug-likeness (QED) is 0.854. The summed E-state index contributed by atoms with van der Waals surface area (Å²) in [5.41, 5.74) is 2.92. The Bertz CT molecular complexity index is 755. The highest BCUT2D eigenvalue weighted by atomic mass is 16.5. The van der Waals surface area contributed by atoms with Crippen LogP contribution in [-0.2, 0) is 9.53 Å². The summed E-state index contributed by atoms with van der Waals surface area (Å²) in [6.07, 6.45) is -0.913. The summed E-state index contributed by atoms with van der Waals surface area (Å²) in [7, 11) is 1.55. The largest absolute Gasteiger partial charge is 0.497 e. The Morgan fingerprint density at radius 3 is 2.50 bits per heavy atom. The maximum absolute atomic E-state index is 12.2. The van der Waals surface area contributed by atoms with Gasteiger partial charge in [-0.15, -0.1) is 0 Å². The number of hydrogen-bond donors (Lipinski definition) is 1. The van der Waals surface area contributed by atoms with Crippen molar-refractivity contribution in [2.24, 2.45) is 0 Å². The van der Waals surface area contributed by atoms with Gasteiger partial charge in [0.15, 0.2) is 6.10 Å². The fourth-order valence-corrected chi connectivity index (χ4v) is 2.26. The first-order chi connectivity index (χ1) is 11.4. The predicted octanol–water partition coefficient (Wildman–Crippen LogP) is 3.50. The van der Waals surface area contributed by atoms with Crippen molar-refractivity contribution in [3.63, 3.8) is 0 Å². The number of carbonyl (C=O) groups is 2. The third-order valence-electron chi connectivity index (χ3n) is 3.59. The molecule has 0 unspecified atom stereocenters. The first-order valence-corrected chi connectivity index (χ1v) is 7.64. The van der Waals surface area contributed by atoms with Gasteiger partial charge in [0.25, 0.3) is 5.91 Å². The number of rotatable bonds is 5. The molecule has 0 aliphatic rings. The number of hydrogen-bond acceptors (Lipinski definition) is 4. The van der Waals surface area contributed by atoms with Crippen molar-refractivity contribution in [1.29, 1.82) is 0 Å². The van der Waals surface area contributed by atoms with E-state index in [4.69, 9.17) is 9.47 Å². The number of carbonyl (C=O) groups excluding carboxylic acids is 2. The summed E-state index contributed by atoms with van der Waals surface area (Å²) in [6.45, 7) is 5.33. The molecule has 0 radical (unpaired) electrons. The molecule has 0 spiro atoms. The van der Waals surface area contributed by atoms with Crippen LogP contribution in [-0.4, -0.2) is 25.1 Å². The lowest BCUT2D eigenvalue weighted by molar-refractivity contribution is -0.123. The van der Waals surface area contributed by atoms with Gasteiger partial charge in [-0.05, 0) is 44.5 Å². The average Bonchev–Trinajstić information content (AvgIpc) is 2.54. The molecule has 24 heavy (non-hydrogen) atoms. The fourth-order valence-electron chi connectivity index (χ4n) is 2.26. The van der Waals surface area contributed by atoms with E-state index >= 15 is 0 Å². The van der Waals surface area contributed by atoms with Crippen LogP contribution in [0.3, 0.4) is 0 Å². The number of esters is 1. The van der Waals surface area contributed by atoms with Crippen LogP contribution in [0, 0.1) is 13.8 Å². The zero-order valence-corrected chi connectivity index (χ0v) is 14.3. The topological polar surface area (TPSA) is 64.6 Å². The van der Waals surface area contributed by atoms with Gasteiger partial charge in [-0.25, -0.2) is 4.79 Å². The smallest absolute Gasteiger partial charge is 0.339 e. The highest BCUT2D eigenvalue weighted by Gasteiger charge is 2.20. The van der Waals surface area contributed by atoms with E-state index in [1.54, 1.807) is 37.4 Å². The van der Waals surface area contributed by atoms with E-state index in [0.717, 1.165) is 11.1 Å². The number of benzene rings is 2. The Labute approximate surface area is 141 Å². The van der Waals surface area contributed by atoms with Crippen LogP contribution < -0.4 is 10.1 Å². The molecule has 0 heterocycles. The number of aryl methyl sites for hydroxylation is 2. The minimum absolute atomic E-state index is 0.402. The van der Waals surface area contributed by atoms with Gasteiger partial charge in [-0.3, -0.25) is 4.79 Å². The molecule has 0 saturated carbocycles. The van der Waals surface area contributed by atoms with Crippen molar-refractivity contribution in [3.05, 3.63) is 59.2 Å². The maximum Gasteiger partial charge on any atom is 0.339 e. The fraction of sp³-hybridized carbons (Fsp3) is 0.263. The summed E-state index contributed by atoms with van der Waals surface area (Å²) in [4.78, 5) is 24.4. The maximum atomic E-state index is 12.2. The van der Waals surface area contributed by atoms with E-state index in [1.807, 2.05) is 26.0 Å². The average molecular weight is 327 g/mol. The number of nitrogens with one attached hydrogen (secondary N) is 1. The molecular weight excluding hydrogens is 306 g/mol. The van der Waals surface area contributed by atoms with Crippen LogP contribution in [0.5, 0.6) is 5.75 Å². The molecule has 0 aromatic heterocycles. The molecule has 1 atom stereocenters. The van der Waals surface area contributed by atoms with E-state index in [1.165, 1.54) is 6.92 Å². The van der Waals surface area contributed by atoms with Crippen LogP contribution in [0.15, 0.2) is 42.5 Å². The molecule has 0 aliphatic heterocycles. The van der Waals surface area contributed by atoms with Gasteiger partial charge >= 0.3 is 5.97 Å². The van der Waals surface area contributed by atoms with Crippen molar-refractivity contribution in [3.8, 4) is 5.75 Å². The summed E-state index contributed by atoms with van der Waals surface area (Å²) in [6, 6.07) is 12.4. The normalized spacial score (nSPS) is 11.5. The summed E-state index contributed by atoms with van der Waals surface area (Å²) >= 11 is 0. The van der Waals surface area contributed by atoms with E-state index in [2.05, 4.69) is 5.32 Å². The van der Waals surface area contributed by atoms with Gasteiger partial charge < -0.3 is 14.8 Å². The second-order valence-corrected chi connectivity index (χ2v) is 5.59. The molecule has 126 valence electrons. The highest BCUT2D eigenvalue weighted by molar-refractivity contribution is 5.97. The molecule has 5 nitrogen and oxygen atoms in total. The minimum Gasteiger partial charge on any atom is -0.497 e. The molecule has 2 rings (SSSR count). The van der Waals surface area contributed by atoms with Crippen molar-refractivity contribution >= 4 is 17.6 Å². The van der Waals surface area contributed by atoms with Crippen molar-refractivity contribution in [1.82, 2.24) is 0 Å². The van der Waals surface area contributed by atoms with E-state index in [-0.39, 0.29) is 0 Å². The Morgan fingerprint density at radius 2 is 1.83 bits per heavy atom. The molecule has 0 saturated heterocycles. The Balaban J connectivity index is 2.01. The minimum atomic E-state index is -0.913. The van der Waals surface area contributed by atoms with Crippen molar-refractivity contribution in [2.75, 3.05) is 12.4 Å². The zero-order chi connectivity index (χ0) is 17.7. The molecular formula is C19H21NO4. The Morgan fingerprint density at radius 1 is 1.08 bits per heavy atom. The van der Waals surface area contributed by atoms with Crippen LogP contribution >= 0.6 is 0 Å². The van der Waals surface area contributed by atoms with Gasteiger partial charge in [-0.2, -0.15) is 0 Å². The van der Waals surface area contributed by atoms with Gasteiger partial charge in [0, 0.05) is 11.8 Å². The van der Waals surface area contributed by atoms with Crippen molar-refractivity contribution < 1.29 is 19.1 Å². The van der Waals surface area contributed by atoms with Gasteiger partial charge in [0.2, 0.25) is 0 Å². The molecule has 1 N–H and O–H groups in total. The van der Waals surface area contributed by atoms with Gasteiger partial charge in [0.05, 0.1) is 12.7 Å². The second-order valence-electron chi connectivity index (χ2n) is 5.59. The Hall–Kier alpha value is -2.82. The first kappa shape index (κ1) is 17.5. The van der Waals surface area contributed by atoms with E-state index in [0.29, 0.717) is 17.0 Å². The lowest BCUT2D eigenvalue weighted by atomic mass is 10.1. The molecule has 2 aromatic rings. The summed E-state index contributed by atoms with van der Waals surface area (Å²) in [5, 5.41) is 2.70. The first-order valence-electron chi connectivity index (χ1n) is 7.64. The van der Waals surface area contributed by atoms with Crippen LogP contribution in [0.1, 0.15) is 28.4 Å². The monoisotopic (exact) mass is 327 g/mol. The van der Waals surface area contributed by atoms with Crippen LogP contribution in [0.25, 0.3) is 0 Å². The Kier molecular flexibility index (Phi) is 5.58. The standard InChI is InChI=1S/C19H21NO4/c1-12-8-9-17(13(2)10-12)19(22)24-14(3)18(21)20-15-6-5-7-16(11-15)23-4/h5-11,14H,1-4H3,(H,20,21)/t14-/m1/s1. The van der Waals surface area contributed by atoms with E-state index < -0.39 is 18.0 Å². The lowest BCUT2D eigenvalue weighted by Crippen LogP contribution is -2.30. The third-order valence-corrected chi connectivity index (χ3v) is 3.59. The SMILES string of the molecule is COc1cccc(NC(=O)[C@@H](C)OC(=O)c2ccc(C)cc2C)c1. The van der Waals surface area contributed by atoms with E-state index in [9.17, 15) is 9.59 Å². The number of anilines is 1. The number of amides is 1. The van der Waals surface area contributed by atoms with Crippen molar-refractivity contribution in [2.45, 2.75) is 26.9 Å². The predicted molar refractivity (Wildman–Crippen MR) is 92.4 cm³/mol. The third kappa shape index (κ3) is 4.35. The molecule has 2 aromatic carbocycles. The lowest BCUT2D eigenvalue weighted by Gasteiger charge is -2.15. The molecule has 5 heteroatoms. The van der Waals surface area contributed by atoms with Crippen LogP contribution in [0.2, 0.25) is 0 Å². The molecule has 0 bridgehead atoms. The van der Waals surface area contributed by atoms with Crippen LogP contribution in [0.4, 0.5) is 5.69 Å². The van der Waals surface area contributed by atoms with Gasteiger partial charge in [-0.1, -0.05) is 23.8 Å². The summed E-state index contributed by atoms with van der Waals surface area (Å²) < 4.78 is 10.4. The number of methoxy groups -OCH3 is 1. The zero-order valence-electron chi connectivity index (χ0n) is 14.3. The number of ether oxygens (including phenoxy) is 2. The second kappa shape index (κ2) is 7.64. The van der Waals surface area contributed by atoms with Gasteiger partial charge in [0.1, 0.15) is 5.75 Å². The molecule has 0 fully saturated rings. The highest BCUT2D eigenvalue weighted by Crippen LogP contribution is 2.17.